The van der Waals surface area contributed by atoms with Crippen molar-refractivity contribution in [3.8, 4) is 17.4 Å². The SMILES string of the molecule is C#CSC(=NC[C@H]1SCCN1C)c1ncccc1O.CC.CC=O. The first-order valence-corrected chi connectivity index (χ1v) is 9.53. The number of nitrogens with zero attached hydrogens (tertiary/aromatic N) is 3. The van der Waals surface area contributed by atoms with E-state index in [2.05, 4.69) is 27.2 Å². The number of terminal acetylenes is 1. The van der Waals surface area contributed by atoms with Crippen LogP contribution in [0.3, 0.4) is 0 Å². The third-order valence-corrected chi connectivity index (χ3v) is 4.73. The van der Waals surface area contributed by atoms with Crippen molar-refractivity contribution in [2.75, 3.05) is 25.9 Å². The summed E-state index contributed by atoms with van der Waals surface area (Å²) in [5.41, 5.74) is 0.455. The van der Waals surface area contributed by atoms with E-state index in [0.717, 1.165) is 30.3 Å². The number of hydrogen-bond donors (Lipinski definition) is 1. The fourth-order valence-electron chi connectivity index (χ4n) is 1.73. The molecule has 1 fully saturated rings. The van der Waals surface area contributed by atoms with Crippen LogP contribution in [0, 0.1) is 11.7 Å². The van der Waals surface area contributed by atoms with Crippen molar-refractivity contribution in [2.24, 2.45) is 4.99 Å². The second kappa shape index (κ2) is 13.9. The maximum absolute atomic E-state index is 9.81. The van der Waals surface area contributed by atoms with Crippen molar-refractivity contribution in [2.45, 2.75) is 26.1 Å². The zero-order chi connectivity index (χ0) is 18.4. The van der Waals surface area contributed by atoms with Crippen LogP contribution in [0.5, 0.6) is 5.75 Å². The van der Waals surface area contributed by atoms with Gasteiger partial charge in [0.15, 0.2) is 0 Å². The molecular formula is C17H25N3O2S2. The molecule has 0 aromatic carbocycles. The molecule has 0 radical (unpaired) electrons. The van der Waals surface area contributed by atoms with E-state index in [9.17, 15) is 5.11 Å². The Morgan fingerprint density at radius 3 is 2.83 bits per heavy atom. The maximum atomic E-state index is 9.81. The van der Waals surface area contributed by atoms with Crippen molar-refractivity contribution in [1.82, 2.24) is 9.88 Å². The molecule has 1 aliphatic heterocycles. The third-order valence-electron chi connectivity index (χ3n) is 2.78. The van der Waals surface area contributed by atoms with Crippen molar-refractivity contribution >= 4 is 34.9 Å². The van der Waals surface area contributed by atoms with Gasteiger partial charge in [-0.2, -0.15) is 0 Å². The number of hydrogen-bond acceptors (Lipinski definition) is 7. The first-order valence-electron chi connectivity index (χ1n) is 7.66. The molecule has 1 saturated heterocycles. The van der Waals surface area contributed by atoms with Gasteiger partial charge in [-0.25, -0.2) is 0 Å². The normalized spacial score (nSPS) is 17.0. The van der Waals surface area contributed by atoms with E-state index in [0.29, 0.717) is 22.7 Å². The average Bonchev–Trinajstić information content (AvgIpc) is 3.00. The van der Waals surface area contributed by atoms with E-state index in [1.54, 1.807) is 18.3 Å². The molecule has 5 nitrogen and oxygen atoms in total. The molecule has 1 aromatic heterocycles. The van der Waals surface area contributed by atoms with Gasteiger partial charge in [-0.1, -0.05) is 13.8 Å². The number of aromatic hydroxyl groups is 1. The monoisotopic (exact) mass is 367 g/mol. The Kier molecular flexibility index (Phi) is 13.0. The molecule has 0 aliphatic carbocycles. The number of aromatic nitrogens is 1. The summed E-state index contributed by atoms with van der Waals surface area (Å²) >= 11 is 3.04. The molecule has 2 heterocycles. The summed E-state index contributed by atoms with van der Waals surface area (Å²) in [4.78, 5) is 19.7. The van der Waals surface area contributed by atoms with Crippen LogP contribution in [0.25, 0.3) is 0 Å². The highest BCUT2D eigenvalue weighted by Crippen LogP contribution is 2.24. The molecule has 2 rings (SSSR count). The number of thioether (sulfide) groups is 2. The van der Waals surface area contributed by atoms with Crippen LogP contribution in [-0.4, -0.2) is 57.6 Å². The third kappa shape index (κ3) is 7.86. The van der Waals surface area contributed by atoms with Crippen LogP contribution in [0.1, 0.15) is 26.5 Å². The van der Waals surface area contributed by atoms with Crippen LogP contribution in [0.4, 0.5) is 0 Å². The lowest BCUT2D eigenvalue weighted by molar-refractivity contribution is -0.106. The molecule has 1 atom stereocenters. The number of aldehydes is 1. The maximum Gasteiger partial charge on any atom is 0.144 e. The van der Waals surface area contributed by atoms with Crippen molar-refractivity contribution in [3.05, 3.63) is 24.0 Å². The molecule has 0 spiro atoms. The van der Waals surface area contributed by atoms with Gasteiger partial charge in [-0.3, -0.25) is 14.9 Å². The fraction of sp³-hybridized carbons (Fsp3) is 0.471. The van der Waals surface area contributed by atoms with E-state index in [-0.39, 0.29) is 5.75 Å². The molecule has 0 saturated carbocycles. The highest BCUT2D eigenvalue weighted by molar-refractivity contribution is 8.18. The van der Waals surface area contributed by atoms with Crippen molar-refractivity contribution < 1.29 is 9.90 Å². The minimum atomic E-state index is 0.108. The summed E-state index contributed by atoms with van der Waals surface area (Å²) in [5, 5.41) is 13.3. The summed E-state index contributed by atoms with van der Waals surface area (Å²) < 4.78 is 0. The van der Waals surface area contributed by atoms with Gasteiger partial charge in [0.2, 0.25) is 0 Å². The summed E-state index contributed by atoms with van der Waals surface area (Å²) in [7, 11) is 2.09. The molecule has 0 bridgehead atoms. The van der Waals surface area contributed by atoms with Gasteiger partial charge < -0.3 is 9.90 Å². The topological polar surface area (TPSA) is 65.8 Å². The molecule has 24 heavy (non-hydrogen) atoms. The number of likely N-dealkylation sites (N-methyl/N-ethyl adjacent to an activating group) is 1. The van der Waals surface area contributed by atoms with Gasteiger partial charge >= 0.3 is 0 Å². The van der Waals surface area contributed by atoms with Crippen LogP contribution >= 0.6 is 23.5 Å². The number of carbonyl (C=O) groups is 1. The second-order valence-corrected chi connectivity index (χ2v) is 6.39. The number of carbonyl (C=O) groups excluding carboxylic acids is 1. The molecular weight excluding hydrogens is 342 g/mol. The van der Waals surface area contributed by atoms with E-state index < -0.39 is 0 Å². The van der Waals surface area contributed by atoms with Crippen LogP contribution in [0.2, 0.25) is 0 Å². The molecule has 0 amide bonds. The van der Waals surface area contributed by atoms with E-state index in [1.807, 2.05) is 25.6 Å². The highest BCUT2D eigenvalue weighted by Gasteiger charge is 2.21. The fourth-order valence-corrected chi connectivity index (χ4v) is 3.44. The van der Waals surface area contributed by atoms with Gasteiger partial charge in [-0.15, -0.1) is 18.2 Å². The first-order chi connectivity index (χ1) is 11.6. The minimum Gasteiger partial charge on any atom is -0.506 e. The van der Waals surface area contributed by atoms with Crippen LogP contribution < -0.4 is 0 Å². The van der Waals surface area contributed by atoms with E-state index in [4.69, 9.17) is 11.2 Å². The standard InChI is InChI=1S/C13H15N3OS2.C2H4O.C2H6/c1-3-18-13(12-10(17)5-4-6-14-12)15-9-11-16(2)7-8-19-11;1-2-3;1-2/h1,4-6,11,17H,7-9H2,2H3;2H,1H3;1-2H3/t11-;;/m1../s1. The summed E-state index contributed by atoms with van der Waals surface area (Å²) in [5.74, 6) is 1.24. The molecule has 1 aliphatic rings. The molecule has 7 heteroatoms. The lowest BCUT2D eigenvalue weighted by atomic mass is 10.3. The molecule has 1 N–H and O–H groups in total. The number of aliphatic imine (C=N–C) groups is 1. The van der Waals surface area contributed by atoms with Crippen molar-refractivity contribution in [3.63, 3.8) is 0 Å². The van der Waals surface area contributed by atoms with Crippen molar-refractivity contribution in [1.29, 1.82) is 0 Å². The largest absolute Gasteiger partial charge is 0.506 e. The molecule has 132 valence electrons. The second-order valence-electron chi connectivity index (χ2n) is 4.28. The predicted molar refractivity (Wildman–Crippen MR) is 106 cm³/mol. The molecule has 0 unspecified atom stereocenters. The summed E-state index contributed by atoms with van der Waals surface area (Å²) in [6.45, 7) is 7.18. The van der Waals surface area contributed by atoms with E-state index in [1.165, 1.54) is 6.92 Å². The summed E-state index contributed by atoms with van der Waals surface area (Å²) in [6, 6.07) is 3.27. The smallest absolute Gasteiger partial charge is 0.144 e. The van der Waals surface area contributed by atoms with Gasteiger partial charge in [0.1, 0.15) is 22.8 Å². The summed E-state index contributed by atoms with van der Waals surface area (Å²) in [6.07, 6.45) is 7.71. The lowest BCUT2D eigenvalue weighted by Crippen LogP contribution is -2.26. The quantitative estimate of drug-likeness (QED) is 0.383. The Morgan fingerprint density at radius 1 is 1.67 bits per heavy atom. The lowest BCUT2D eigenvalue weighted by Gasteiger charge is -2.16. The Labute approximate surface area is 153 Å². The predicted octanol–water partition coefficient (Wildman–Crippen LogP) is 3.09. The first kappa shape index (κ1) is 22.5. The Balaban J connectivity index is 0.000000952. The number of pyridine rings is 1. The van der Waals surface area contributed by atoms with Gasteiger partial charge in [0, 0.05) is 18.5 Å². The Hall–Kier alpha value is -1.49. The van der Waals surface area contributed by atoms with Gasteiger partial charge in [0.25, 0.3) is 0 Å². The Morgan fingerprint density at radius 2 is 2.33 bits per heavy atom. The van der Waals surface area contributed by atoms with E-state index >= 15 is 0 Å². The van der Waals surface area contributed by atoms with Crippen LogP contribution in [0.15, 0.2) is 23.3 Å². The average molecular weight is 368 g/mol. The minimum absolute atomic E-state index is 0.108. The zero-order valence-electron chi connectivity index (χ0n) is 14.6. The highest BCUT2D eigenvalue weighted by atomic mass is 32.2. The molecule has 1 aromatic rings. The zero-order valence-corrected chi connectivity index (χ0v) is 16.2. The van der Waals surface area contributed by atoms with Gasteiger partial charge in [-0.05, 0) is 43.1 Å². The van der Waals surface area contributed by atoms with Gasteiger partial charge in [0.05, 0.1) is 11.9 Å². The Bertz CT molecular complexity index is 559. The van der Waals surface area contributed by atoms with Crippen LogP contribution in [-0.2, 0) is 4.79 Å². The number of rotatable bonds is 3.